The molecule has 6 nitrogen and oxygen atoms in total. The summed E-state index contributed by atoms with van der Waals surface area (Å²) in [5, 5.41) is 8.17. The first-order chi connectivity index (χ1) is 12.0. The van der Waals surface area contributed by atoms with E-state index in [0.717, 1.165) is 0 Å². The maximum Gasteiger partial charge on any atom is 0.251 e. The van der Waals surface area contributed by atoms with Gasteiger partial charge in [0.15, 0.2) is 0 Å². The number of hydrogen-bond donors (Lipinski definition) is 3. The van der Waals surface area contributed by atoms with E-state index in [1.54, 1.807) is 42.5 Å². The summed E-state index contributed by atoms with van der Waals surface area (Å²) in [5.41, 5.74) is 0.800. The van der Waals surface area contributed by atoms with Gasteiger partial charge in [-0.05, 0) is 30.3 Å². The van der Waals surface area contributed by atoms with E-state index in [2.05, 4.69) is 16.0 Å². The molecule has 2 rings (SSSR count). The topological polar surface area (TPSA) is 87.3 Å². The Hall–Kier alpha value is -2.57. The van der Waals surface area contributed by atoms with Crippen molar-refractivity contribution in [3.63, 3.8) is 0 Å². The van der Waals surface area contributed by atoms with Crippen molar-refractivity contribution in [1.82, 2.24) is 10.6 Å². The molecule has 0 spiro atoms. The van der Waals surface area contributed by atoms with Gasteiger partial charge in [-0.25, -0.2) is 0 Å². The van der Waals surface area contributed by atoms with Crippen LogP contribution in [0.4, 0.5) is 5.69 Å². The van der Waals surface area contributed by atoms with Gasteiger partial charge in [0.05, 0.1) is 23.8 Å². The summed E-state index contributed by atoms with van der Waals surface area (Å²) in [6.07, 6.45) is 0. The zero-order valence-electron chi connectivity index (χ0n) is 13.0. The van der Waals surface area contributed by atoms with Crippen molar-refractivity contribution in [3.8, 4) is 0 Å². The third-order valence-electron chi connectivity index (χ3n) is 3.09. The quantitative estimate of drug-likeness (QED) is 0.720. The first-order valence-corrected chi connectivity index (χ1v) is 8.06. The minimum absolute atomic E-state index is 0.237. The van der Waals surface area contributed by atoms with Crippen molar-refractivity contribution < 1.29 is 14.4 Å². The monoisotopic (exact) mass is 379 g/mol. The van der Waals surface area contributed by atoms with Gasteiger partial charge in [-0.3, -0.25) is 14.4 Å². The molecule has 0 radical (unpaired) electrons. The summed E-state index contributed by atoms with van der Waals surface area (Å²) in [6, 6.07) is 13.2. The smallest absolute Gasteiger partial charge is 0.251 e. The second kappa shape index (κ2) is 9.05. The van der Waals surface area contributed by atoms with Crippen LogP contribution >= 0.6 is 23.2 Å². The Morgan fingerprint density at radius 3 is 2.24 bits per heavy atom. The molecule has 130 valence electrons. The zero-order chi connectivity index (χ0) is 18.2. The third kappa shape index (κ3) is 6.10. The summed E-state index contributed by atoms with van der Waals surface area (Å²) in [7, 11) is 0. The van der Waals surface area contributed by atoms with Gasteiger partial charge in [0.2, 0.25) is 11.8 Å². The predicted molar refractivity (Wildman–Crippen MR) is 96.9 cm³/mol. The SMILES string of the molecule is O=C(CNC(=O)c1ccccc1)NCC(=O)Nc1cc(Cl)ccc1Cl. The van der Waals surface area contributed by atoms with Crippen LogP contribution in [0.3, 0.4) is 0 Å². The highest BCUT2D eigenvalue weighted by Crippen LogP contribution is 2.25. The highest BCUT2D eigenvalue weighted by Gasteiger charge is 2.10. The third-order valence-corrected chi connectivity index (χ3v) is 3.66. The van der Waals surface area contributed by atoms with Crippen LogP contribution in [0.15, 0.2) is 48.5 Å². The van der Waals surface area contributed by atoms with Crippen molar-refractivity contribution in [3.05, 3.63) is 64.1 Å². The number of halogens is 2. The van der Waals surface area contributed by atoms with Gasteiger partial charge in [-0.2, -0.15) is 0 Å². The Bertz CT molecular complexity index is 782. The van der Waals surface area contributed by atoms with Crippen LogP contribution in [-0.4, -0.2) is 30.8 Å². The largest absolute Gasteiger partial charge is 0.345 e. The fourth-order valence-electron chi connectivity index (χ4n) is 1.88. The van der Waals surface area contributed by atoms with E-state index in [0.29, 0.717) is 21.3 Å². The van der Waals surface area contributed by atoms with Crippen LogP contribution in [0.5, 0.6) is 0 Å². The maximum absolute atomic E-state index is 11.8. The summed E-state index contributed by atoms with van der Waals surface area (Å²) >= 11 is 11.8. The Labute approximate surface area is 154 Å². The van der Waals surface area contributed by atoms with Crippen molar-refractivity contribution in [2.45, 2.75) is 0 Å². The molecule has 2 aromatic carbocycles. The number of hydrogen-bond acceptors (Lipinski definition) is 3. The average molecular weight is 380 g/mol. The molecule has 0 saturated heterocycles. The fraction of sp³-hybridized carbons (Fsp3) is 0.118. The summed E-state index contributed by atoms with van der Waals surface area (Å²) < 4.78 is 0. The normalized spacial score (nSPS) is 10.0. The Balaban J connectivity index is 1.75. The fourth-order valence-corrected chi connectivity index (χ4v) is 2.22. The van der Waals surface area contributed by atoms with Gasteiger partial charge in [0, 0.05) is 10.6 Å². The molecule has 0 heterocycles. The van der Waals surface area contributed by atoms with Crippen molar-refractivity contribution in [2.75, 3.05) is 18.4 Å². The van der Waals surface area contributed by atoms with Crippen LogP contribution in [0, 0.1) is 0 Å². The highest BCUT2D eigenvalue weighted by atomic mass is 35.5. The lowest BCUT2D eigenvalue weighted by atomic mass is 10.2. The lowest BCUT2D eigenvalue weighted by Crippen LogP contribution is -2.40. The van der Waals surface area contributed by atoms with E-state index in [1.165, 1.54) is 6.07 Å². The second-order valence-electron chi connectivity index (χ2n) is 5.00. The highest BCUT2D eigenvalue weighted by molar-refractivity contribution is 6.35. The maximum atomic E-state index is 11.8. The predicted octanol–water partition coefficient (Wildman–Crippen LogP) is 2.48. The Kier molecular flexibility index (Phi) is 6.80. The molecular weight excluding hydrogens is 365 g/mol. The minimum Gasteiger partial charge on any atom is -0.345 e. The van der Waals surface area contributed by atoms with Gasteiger partial charge in [-0.15, -0.1) is 0 Å². The molecule has 3 amide bonds. The number of amides is 3. The van der Waals surface area contributed by atoms with E-state index in [9.17, 15) is 14.4 Å². The molecule has 0 atom stereocenters. The van der Waals surface area contributed by atoms with Crippen molar-refractivity contribution in [2.24, 2.45) is 0 Å². The Morgan fingerprint density at radius 2 is 1.52 bits per heavy atom. The molecule has 25 heavy (non-hydrogen) atoms. The summed E-state index contributed by atoms with van der Waals surface area (Å²) in [4.78, 5) is 35.3. The first-order valence-electron chi connectivity index (χ1n) is 7.30. The second-order valence-corrected chi connectivity index (χ2v) is 5.84. The molecule has 0 aliphatic rings. The zero-order valence-corrected chi connectivity index (χ0v) is 14.5. The number of carbonyl (C=O) groups excluding carboxylic acids is 3. The average Bonchev–Trinajstić information content (AvgIpc) is 2.61. The molecule has 0 bridgehead atoms. The van der Waals surface area contributed by atoms with Gasteiger partial charge < -0.3 is 16.0 Å². The molecular formula is C17H15Cl2N3O3. The number of benzene rings is 2. The molecule has 0 unspecified atom stereocenters. The van der Waals surface area contributed by atoms with Gasteiger partial charge in [0.25, 0.3) is 5.91 Å². The molecule has 0 fully saturated rings. The number of anilines is 1. The minimum atomic E-state index is -0.489. The lowest BCUT2D eigenvalue weighted by Gasteiger charge is -2.09. The van der Waals surface area contributed by atoms with Crippen LogP contribution < -0.4 is 16.0 Å². The Morgan fingerprint density at radius 1 is 0.840 bits per heavy atom. The van der Waals surface area contributed by atoms with E-state index >= 15 is 0 Å². The van der Waals surface area contributed by atoms with Gasteiger partial charge in [-0.1, -0.05) is 41.4 Å². The number of nitrogens with one attached hydrogen (secondary N) is 3. The molecule has 0 aliphatic heterocycles. The van der Waals surface area contributed by atoms with E-state index < -0.39 is 11.8 Å². The van der Waals surface area contributed by atoms with Crippen molar-refractivity contribution in [1.29, 1.82) is 0 Å². The van der Waals surface area contributed by atoms with Gasteiger partial charge >= 0.3 is 0 Å². The number of carbonyl (C=O) groups is 3. The molecule has 2 aromatic rings. The number of rotatable bonds is 6. The van der Waals surface area contributed by atoms with Crippen LogP contribution in [-0.2, 0) is 9.59 Å². The standard InChI is InChI=1S/C17H15Cl2N3O3/c18-12-6-7-13(19)14(8-12)22-16(24)10-20-15(23)9-21-17(25)11-4-2-1-3-5-11/h1-8H,9-10H2,(H,20,23)(H,21,25)(H,22,24). The van der Waals surface area contributed by atoms with Crippen LogP contribution in [0.1, 0.15) is 10.4 Å². The van der Waals surface area contributed by atoms with E-state index in [1.807, 2.05) is 0 Å². The van der Waals surface area contributed by atoms with Crippen LogP contribution in [0.2, 0.25) is 10.0 Å². The lowest BCUT2D eigenvalue weighted by molar-refractivity contribution is -0.123. The molecule has 0 saturated carbocycles. The van der Waals surface area contributed by atoms with E-state index in [-0.39, 0.29) is 19.0 Å². The molecule has 3 N–H and O–H groups in total. The summed E-state index contributed by atoms with van der Waals surface area (Å²) in [5.74, 6) is -1.32. The van der Waals surface area contributed by atoms with Crippen molar-refractivity contribution >= 4 is 46.6 Å². The first kappa shape index (κ1) is 18.8. The van der Waals surface area contributed by atoms with Crippen LogP contribution in [0.25, 0.3) is 0 Å². The molecule has 0 aliphatic carbocycles. The molecule has 8 heteroatoms. The van der Waals surface area contributed by atoms with E-state index in [4.69, 9.17) is 23.2 Å². The van der Waals surface area contributed by atoms with Gasteiger partial charge in [0.1, 0.15) is 0 Å². The summed E-state index contributed by atoms with van der Waals surface area (Å²) in [6.45, 7) is -0.498. The molecule has 0 aromatic heterocycles.